The number of hydrogen-bond acceptors (Lipinski definition) is 3. The molecule has 1 aliphatic rings. The summed E-state index contributed by atoms with van der Waals surface area (Å²) in [5, 5.41) is 11.7. The number of benzene rings is 1. The largest absolute Gasteiger partial charge is 0.480 e. The molecule has 1 aliphatic heterocycles. The summed E-state index contributed by atoms with van der Waals surface area (Å²) in [6, 6.07) is 3.05. The molecule has 0 bridgehead atoms. The highest BCUT2D eigenvalue weighted by atomic mass is 19.2. The molecule has 1 amide bonds. The van der Waals surface area contributed by atoms with Gasteiger partial charge < -0.3 is 10.4 Å². The summed E-state index contributed by atoms with van der Waals surface area (Å²) in [5.41, 5.74) is -0.930. The fraction of sp³-hybridized carbons (Fsp3) is 0.429. The number of likely N-dealkylation sites (tertiary alicyclic amines) is 1. The zero-order valence-corrected chi connectivity index (χ0v) is 11.5. The number of nitrogens with zero attached hydrogens (tertiary/aromatic N) is 1. The van der Waals surface area contributed by atoms with Crippen molar-refractivity contribution in [3.63, 3.8) is 0 Å². The van der Waals surface area contributed by atoms with Gasteiger partial charge in [0.05, 0.1) is 6.54 Å². The number of carbonyl (C=O) groups excluding carboxylic acids is 1. The van der Waals surface area contributed by atoms with Gasteiger partial charge in [-0.1, -0.05) is 0 Å². The van der Waals surface area contributed by atoms with E-state index in [0.717, 1.165) is 12.1 Å². The number of rotatable bonds is 4. The minimum absolute atomic E-state index is 0.109. The highest BCUT2D eigenvalue weighted by Crippen LogP contribution is 2.28. The molecule has 114 valence electrons. The maximum atomic E-state index is 13.0. The molecule has 0 radical (unpaired) electrons. The van der Waals surface area contributed by atoms with Gasteiger partial charge in [-0.05, 0) is 38.4 Å². The molecule has 0 aliphatic carbocycles. The van der Waals surface area contributed by atoms with Gasteiger partial charge in [-0.25, -0.2) is 8.78 Å². The van der Waals surface area contributed by atoms with Crippen molar-refractivity contribution in [2.24, 2.45) is 0 Å². The smallest absolute Gasteiger partial charge is 0.323 e. The Morgan fingerprint density at radius 3 is 2.71 bits per heavy atom. The summed E-state index contributed by atoms with van der Waals surface area (Å²) in [7, 11) is 0. The first-order valence-corrected chi connectivity index (χ1v) is 6.56. The molecule has 2 N–H and O–H groups in total. The number of anilines is 1. The van der Waals surface area contributed by atoms with Gasteiger partial charge in [0, 0.05) is 11.8 Å². The number of carbonyl (C=O) groups is 2. The first-order valence-electron chi connectivity index (χ1n) is 6.56. The Balaban J connectivity index is 2.01. The van der Waals surface area contributed by atoms with E-state index in [4.69, 9.17) is 0 Å². The topological polar surface area (TPSA) is 69.6 Å². The van der Waals surface area contributed by atoms with Crippen molar-refractivity contribution >= 4 is 17.6 Å². The van der Waals surface area contributed by atoms with Gasteiger partial charge in [-0.15, -0.1) is 0 Å². The van der Waals surface area contributed by atoms with Crippen LogP contribution in [0.2, 0.25) is 0 Å². The van der Waals surface area contributed by atoms with Crippen LogP contribution in [0.15, 0.2) is 18.2 Å². The Hall–Kier alpha value is -2.02. The molecular formula is C14H16F2N2O3. The lowest BCUT2D eigenvalue weighted by Crippen LogP contribution is -2.50. The molecule has 5 nitrogen and oxygen atoms in total. The first-order chi connectivity index (χ1) is 9.83. The van der Waals surface area contributed by atoms with Crippen LogP contribution < -0.4 is 5.32 Å². The number of hydrogen-bond donors (Lipinski definition) is 2. The number of carboxylic acids is 1. The molecule has 2 rings (SSSR count). The molecule has 0 saturated carbocycles. The normalized spacial score (nSPS) is 22.2. The van der Waals surface area contributed by atoms with Crippen molar-refractivity contribution in [3.8, 4) is 0 Å². The average Bonchev–Trinajstić information content (AvgIpc) is 2.77. The number of halogens is 2. The van der Waals surface area contributed by atoms with Crippen LogP contribution >= 0.6 is 0 Å². The maximum absolute atomic E-state index is 13.0. The molecule has 1 saturated heterocycles. The molecule has 1 unspecified atom stereocenters. The first kappa shape index (κ1) is 15.4. The summed E-state index contributed by atoms with van der Waals surface area (Å²) >= 11 is 0. The summed E-state index contributed by atoms with van der Waals surface area (Å²) < 4.78 is 25.8. The zero-order valence-electron chi connectivity index (χ0n) is 11.5. The standard InChI is InChI=1S/C14H16F2N2O3/c1-14(13(20)21)5-2-6-18(14)8-12(19)17-9-3-4-10(15)11(16)7-9/h3-4,7H,2,5-6,8H2,1H3,(H,17,19)(H,20,21). The van der Waals surface area contributed by atoms with Gasteiger partial charge in [-0.3, -0.25) is 14.5 Å². The predicted octanol–water partition coefficient (Wildman–Crippen LogP) is 1.84. The second-order valence-corrected chi connectivity index (χ2v) is 5.28. The van der Waals surface area contributed by atoms with E-state index in [9.17, 15) is 23.5 Å². The van der Waals surface area contributed by atoms with Crippen molar-refractivity contribution < 1.29 is 23.5 Å². The van der Waals surface area contributed by atoms with Crippen molar-refractivity contribution in [1.29, 1.82) is 0 Å². The van der Waals surface area contributed by atoms with Gasteiger partial charge in [0.2, 0.25) is 5.91 Å². The molecule has 1 heterocycles. The third-order valence-corrected chi connectivity index (χ3v) is 3.79. The molecule has 1 fully saturated rings. The Bertz CT molecular complexity index is 579. The highest BCUT2D eigenvalue weighted by Gasteiger charge is 2.43. The van der Waals surface area contributed by atoms with Crippen molar-refractivity contribution in [3.05, 3.63) is 29.8 Å². The lowest BCUT2D eigenvalue weighted by atomic mass is 9.99. The number of aliphatic carboxylic acids is 1. The van der Waals surface area contributed by atoms with Gasteiger partial charge in [0.1, 0.15) is 5.54 Å². The highest BCUT2D eigenvalue weighted by molar-refractivity contribution is 5.93. The van der Waals surface area contributed by atoms with Gasteiger partial charge in [0.15, 0.2) is 11.6 Å². The summed E-state index contributed by atoms with van der Waals surface area (Å²) in [6.07, 6.45) is 1.17. The lowest BCUT2D eigenvalue weighted by Gasteiger charge is -2.30. The van der Waals surface area contributed by atoms with E-state index in [1.165, 1.54) is 6.07 Å². The van der Waals surface area contributed by atoms with E-state index in [2.05, 4.69) is 5.32 Å². The van der Waals surface area contributed by atoms with E-state index in [0.29, 0.717) is 19.4 Å². The molecule has 21 heavy (non-hydrogen) atoms. The number of amides is 1. The van der Waals surface area contributed by atoms with Crippen LogP contribution in [-0.2, 0) is 9.59 Å². The molecule has 1 aromatic rings. The van der Waals surface area contributed by atoms with E-state index < -0.39 is 29.0 Å². The van der Waals surface area contributed by atoms with Gasteiger partial charge >= 0.3 is 5.97 Å². The molecule has 7 heteroatoms. The summed E-state index contributed by atoms with van der Waals surface area (Å²) in [4.78, 5) is 24.8. The Morgan fingerprint density at radius 2 is 2.10 bits per heavy atom. The van der Waals surface area contributed by atoms with Crippen LogP contribution in [0.4, 0.5) is 14.5 Å². The molecular weight excluding hydrogens is 282 g/mol. The third-order valence-electron chi connectivity index (χ3n) is 3.79. The third kappa shape index (κ3) is 3.18. The van der Waals surface area contributed by atoms with E-state index in [1.807, 2.05) is 0 Å². The Labute approximate surface area is 120 Å². The summed E-state index contributed by atoms with van der Waals surface area (Å²) in [6.45, 7) is 1.98. The van der Waals surface area contributed by atoms with Crippen LogP contribution in [0.1, 0.15) is 19.8 Å². The fourth-order valence-electron chi connectivity index (χ4n) is 2.46. The van der Waals surface area contributed by atoms with E-state index >= 15 is 0 Å². The number of nitrogens with one attached hydrogen (secondary N) is 1. The fourth-order valence-corrected chi connectivity index (χ4v) is 2.46. The van der Waals surface area contributed by atoms with Gasteiger partial charge in [-0.2, -0.15) is 0 Å². The van der Waals surface area contributed by atoms with Crippen LogP contribution in [0, 0.1) is 11.6 Å². The van der Waals surface area contributed by atoms with Crippen molar-refractivity contribution in [1.82, 2.24) is 4.90 Å². The van der Waals surface area contributed by atoms with Gasteiger partial charge in [0.25, 0.3) is 0 Å². The Kier molecular flexibility index (Phi) is 4.22. The van der Waals surface area contributed by atoms with Crippen molar-refractivity contribution in [2.75, 3.05) is 18.4 Å². The monoisotopic (exact) mass is 298 g/mol. The van der Waals surface area contributed by atoms with E-state index in [1.54, 1.807) is 11.8 Å². The zero-order chi connectivity index (χ0) is 15.6. The quantitative estimate of drug-likeness (QED) is 0.890. The minimum atomic E-state index is -1.06. The number of carboxylic acid groups (broad SMARTS) is 1. The van der Waals surface area contributed by atoms with Crippen LogP contribution in [-0.4, -0.2) is 40.5 Å². The van der Waals surface area contributed by atoms with Crippen molar-refractivity contribution in [2.45, 2.75) is 25.3 Å². The SMILES string of the molecule is CC1(C(=O)O)CCCN1CC(=O)Nc1ccc(F)c(F)c1. The molecule has 0 spiro atoms. The maximum Gasteiger partial charge on any atom is 0.323 e. The molecule has 1 aromatic carbocycles. The second-order valence-electron chi connectivity index (χ2n) is 5.28. The second kappa shape index (κ2) is 5.77. The summed E-state index contributed by atoms with van der Waals surface area (Å²) in [5.74, 6) is -3.48. The average molecular weight is 298 g/mol. The Morgan fingerprint density at radius 1 is 1.38 bits per heavy atom. The van der Waals surface area contributed by atoms with Crippen LogP contribution in [0.5, 0.6) is 0 Å². The molecule has 0 aromatic heterocycles. The van der Waals surface area contributed by atoms with E-state index in [-0.39, 0.29) is 12.2 Å². The molecule has 1 atom stereocenters. The van der Waals surface area contributed by atoms with Crippen LogP contribution in [0.25, 0.3) is 0 Å². The lowest BCUT2D eigenvalue weighted by molar-refractivity contribution is -0.149. The predicted molar refractivity (Wildman–Crippen MR) is 71.8 cm³/mol. The van der Waals surface area contributed by atoms with Crippen LogP contribution in [0.3, 0.4) is 0 Å². The minimum Gasteiger partial charge on any atom is -0.480 e.